The Labute approximate surface area is 185 Å². The summed E-state index contributed by atoms with van der Waals surface area (Å²) in [6.45, 7) is 3.29. The van der Waals surface area contributed by atoms with Crippen LogP contribution in [0, 0.1) is 12.7 Å². The van der Waals surface area contributed by atoms with E-state index < -0.39 is 20.9 Å². The summed E-state index contributed by atoms with van der Waals surface area (Å²) in [6, 6.07) is 11.9. The molecule has 1 aliphatic rings. The van der Waals surface area contributed by atoms with Gasteiger partial charge in [-0.3, -0.25) is 0 Å². The highest BCUT2D eigenvalue weighted by Gasteiger charge is 2.33. The first-order valence-electron chi connectivity index (χ1n) is 9.77. The maximum Gasteiger partial charge on any atom is 0.185 e. The van der Waals surface area contributed by atoms with Gasteiger partial charge in [-0.05, 0) is 43.5 Å². The summed E-state index contributed by atoms with van der Waals surface area (Å²) < 4.78 is 39.2. The SMILES string of the molecule is Cc1ccc(Cc2csc(N3CCC(S(=O)(=O)c4ccc(F)cc4Cl)CC3)n2)cc1. The van der Waals surface area contributed by atoms with Gasteiger partial charge < -0.3 is 4.90 Å². The van der Waals surface area contributed by atoms with Crippen LogP contribution in [0.4, 0.5) is 9.52 Å². The van der Waals surface area contributed by atoms with Crippen molar-refractivity contribution in [1.82, 2.24) is 4.98 Å². The number of sulfone groups is 1. The zero-order valence-electron chi connectivity index (χ0n) is 16.5. The smallest absolute Gasteiger partial charge is 0.185 e. The first-order chi connectivity index (χ1) is 14.3. The number of piperidine rings is 1. The summed E-state index contributed by atoms with van der Waals surface area (Å²) >= 11 is 7.59. The Hall–Kier alpha value is -1.96. The molecular weight excluding hydrogens is 443 g/mol. The average molecular weight is 465 g/mol. The van der Waals surface area contributed by atoms with Crippen molar-refractivity contribution >= 4 is 37.9 Å². The molecule has 2 aromatic carbocycles. The van der Waals surface area contributed by atoms with Crippen LogP contribution in [0.25, 0.3) is 0 Å². The van der Waals surface area contributed by atoms with Crippen LogP contribution in [0.3, 0.4) is 0 Å². The molecule has 0 aliphatic carbocycles. The van der Waals surface area contributed by atoms with E-state index in [2.05, 4.69) is 41.5 Å². The van der Waals surface area contributed by atoms with Gasteiger partial charge in [-0.1, -0.05) is 41.4 Å². The minimum absolute atomic E-state index is 0.0126. The standard InChI is InChI=1S/C22H22ClFN2O2S2/c1-15-2-4-16(5-3-15)12-18-14-29-22(25-18)26-10-8-19(9-11-26)30(27,28)21-7-6-17(24)13-20(21)23/h2-7,13-14,19H,8-12H2,1H3. The van der Waals surface area contributed by atoms with Gasteiger partial charge in [0.25, 0.3) is 0 Å². The lowest BCUT2D eigenvalue weighted by Gasteiger charge is -2.31. The lowest BCUT2D eigenvalue weighted by Crippen LogP contribution is -2.39. The molecule has 2 heterocycles. The molecule has 0 amide bonds. The molecular formula is C22H22ClFN2O2S2. The number of halogens is 2. The molecule has 1 aromatic heterocycles. The third kappa shape index (κ3) is 4.53. The second-order valence-corrected chi connectivity index (χ2v) is 11.0. The second kappa shape index (κ2) is 8.65. The molecule has 0 saturated carbocycles. The Morgan fingerprint density at radius 2 is 1.87 bits per heavy atom. The highest BCUT2D eigenvalue weighted by atomic mass is 35.5. The lowest BCUT2D eigenvalue weighted by molar-refractivity contribution is 0.529. The Morgan fingerprint density at radius 3 is 2.53 bits per heavy atom. The minimum Gasteiger partial charge on any atom is -0.348 e. The molecule has 4 rings (SSSR count). The number of anilines is 1. The highest BCUT2D eigenvalue weighted by molar-refractivity contribution is 7.92. The third-order valence-corrected chi connectivity index (χ3v) is 9.09. The lowest BCUT2D eigenvalue weighted by atomic mass is 10.1. The molecule has 0 spiro atoms. The fraction of sp³-hybridized carbons (Fsp3) is 0.318. The van der Waals surface area contributed by atoms with Crippen LogP contribution in [-0.4, -0.2) is 31.7 Å². The van der Waals surface area contributed by atoms with Crippen LogP contribution < -0.4 is 4.90 Å². The Balaban J connectivity index is 1.41. The quantitative estimate of drug-likeness (QED) is 0.482. The summed E-state index contributed by atoms with van der Waals surface area (Å²) in [7, 11) is -3.60. The van der Waals surface area contributed by atoms with E-state index in [1.165, 1.54) is 17.2 Å². The number of aryl methyl sites for hydroxylation is 1. The van der Waals surface area contributed by atoms with E-state index in [9.17, 15) is 12.8 Å². The van der Waals surface area contributed by atoms with E-state index in [0.29, 0.717) is 25.9 Å². The number of hydrogen-bond acceptors (Lipinski definition) is 5. The molecule has 1 saturated heterocycles. The first-order valence-corrected chi connectivity index (χ1v) is 12.6. The maximum absolute atomic E-state index is 13.3. The molecule has 1 fully saturated rings. The van der Waals surface area contributed by atoms with E-state index >= 15 is 0 Å². The van der Waals surface area contributed by atoms with Crippen molar-refractivity contribution < 1.29 is 12.8 Å². The van der Waals surface area contributed by atoms with Gasteiger partial charge in [0.1, 0.15) is 5.82 Å². The summed E-state index contributed by atoms with van der Waals surface area (Å²) in [6.07, 6.45) is 1.76. The van der Waals surface area contributed by atoms with Crippen LogP contribution in [0.1, 0.15) is 29.7 Å². The maximum atomic E-state index is 13.3. The molecule has 0 atom stereocenters. The molecule has 1 aliphatic heterocycles. The van der Waals surface area contributed by atoms with Crippen LogP contribution in [-0.2, 0) is 16.3 Å². The molecule has 30 heavy (non-hydrogen) atoms. The zero-order valence-corrected chi connectivity index (χ0v) is 18.9. The highest BCUT2D eigenvalue weighted by Crippen LogP contribution is 2.32. The van der Waals surface area contributed by atoms with E-state index in [1.54, 1.807) is 11.3 Å². The molecule has 0 N–H and O–H groups in total. The average Bonchev–Trinajstić information content (AvgIpc) is 3.18. The van der Waals surface area contributed by atoms with Gasteiger partial charge in [0.15, 0.2) is 15.0 Å². The van der Waals surface area contributed by atoms with Gasteiger partial charge in [0.2, 0.25) is 0 Å². The third-order valence-electron chi connectivity index (χ3n) is 5.40. The monoisotopic (exact) mass is 464 g/mol. The van der Waals surface area contributed by atoms with Crippen molar-refractivity contribution in [2.24, 2.45) is 0 Å². The van der Waals surface area contributed by atoms with Crippen molar-refractivity contribution in [2.75, 3.05) is 18.0 Å². The summed E-state index contributed by atoms with van der Waals surface area (Å²) in [5.41, 5.74) is 3.47. The molecule has 0 unspecified atom stereocenters. The number of rotatable bonds is 5. The molecule has 0 bridgehead atoms. The first kappa shape index (κ1) is 21.3. The van der Waals surface area contributed by atoms with Gasteiger partial charge in [0, 0.05) is 24.9 Å². The van der Waals surface area contributed by atoms with Gasteiger partial charge in [-0.2, -0.15) is 0 Å². The summed E-state index contributed by atoms with van der Waals surface area (Å²) in [5.74, 6) is -0.543. The topological polar surface area (TPSA) is 50.3 Å². The van der Waals surface area contributed by atoms with Crippen LogP contribution in [0.15, 0.2) is 52.7 Å². The van der Waals surface area contributed by atoms with Crippen molar-refractivity contribution in [1.29, 1.82) is 0 Å². The zero-order chi connectivity index (χ0) is 21.3. The number of benzene rings is 2. The molecule has 158 valence electrons. The minimum atomic E-state index is -3.60. The fourth-order valence-electron chi connectivity index (χ4n) is 3.68. The van der Waals surface area contributed by atoms with E-state index in [1.807, 2.05) is 0 Å². The Morgan fingerprint density at radius 1 is 1.17 bits per heavy atom. The fourth-order valence-corrected chi connectivity index (χ4v) is 6.83. The largest absolute Gasteiger partial charge is 0.348 e. The van der Waals surface area contributed by atoms with E-state index in [-0.39, 0.29) is 9.92 Å². The predicted molar refractivity (Wildman–Crippen MR) is 120 cm³/mol. The van der Waals surface area contributed by atoms with Crippen LogP contribution in [0.2, 0.25) is 5.02 Å². The molecule has 8 heteroatoms. The number of nitrogens with zero attached hydrogens (tertiary/aromatic N) is 2. The van der Waals surface area contributed by atoms with Crippen molar-refractivity contribution in [3.05, 3.63) is 75.5 Å². The van der Waals surface area contributed by atoms with Gasteiger partial charge in [0.05, 0.1) is 20.9 Å². The van der Waals surface area contributed by atoms with Crippen molar-refractivity contribution in [3.63, 3.8) is 0 Å². The molecule has 0 radical (unpaired) electrons. The molecule has 4 nitrogen and oxygen atoms in total. The van der Waals surface area contributed by atoms with Gasteiger partial charge in [-0.15, -0.1) is 11.3 Å². The molecule has 3 aromatic rings. The van der Waals surface area contributed by atoms with Gasteiger partial charge >= 0.3 is 0 Å². The van der Waals surface area contributed by atoms with Crippen molar-refractivity contribution in [2.45, 2.75) is 36.3 Å². The normalized spacial score (nSPS) is 15.5. The van der Waals surface area contributed by atoms with Crippen LogP contribution >= 0.6 is 22.9 Å². The second-order valence-electron chi connectivity index (χ2n) is 7.59. The number of hydrogen-bond donors (Lipinski definition) is 0. The summed E-state index contributed by atoms with van der Waals surface area (Å²) in [4.78, 5) is 6.91. The summed E-state index contributed by atoms with van der Waals surface area (Å²) in [5, 5.41) is 2.41. The number of thiazole rings is 1. The van der Waals surface area contributed by atoms with E-state index in [4.69, 9.17) is 16.6 Å². The predicted octanol–water partition coefficient (Wildman–Crippen LogP) is 5.28. The van der Waals surface area contributed by atoms with E-state index in [0.717, 1.165) is 29.4 Å². The van der Waals surface area contributed by atoms with Crippen molar-refractivity contribution in [3.8, 4) is 0 Å². The Bertz CT molecular complexity index is 1140. The Kier molecular flexibility index (Phi) is 6.14. The van der Waals surface area contributed by atoms with Crippen LogP contribution in [0.5, 0.6) is 0 Å². The number of aromatic nitrogens is 1. The van der Waals surface area contributed by atoms with Gasteiger partial charge in [-0.25, -0.2) is 17.8 Å².